The molecule has 0 radical (unpaired) electrons. The van der Waals surface area contributed by atoms with Gasteiger partial charge in [0.15, 0.2) is 0 Å². The van der Waals surface area contributed by atoms with Crippen molar-refractivity contribution in [3.05, 3.63) is 12.2 Å². The average molecular weight is 222 g/mol. The fourth-order valence-corrected chi connectivity index (χ4v) is 5.36. The topological polar surface area (TPSA) is 0 Å². The van der Waals surface area contributed by atoms with Crippen molar-refractivity contribution in [3.8, 4) is 0 Å². The lowest BCUT2D eigenvalue weighted by Gasteiger charge is -2.24. The maximum atomic E-state index is 2.56. The molecule has 86 valence electrons. The Kier molecular flexibility index (Phi) is 3.39. The van der Waals surface area contributed by atoms with E-state index >= 15 is 0 Å². The van der Waals surface area contributed by atoms with Crippen molar-refractivity contribution >= 4 is 8.07 Å². The van der Waals surface area contributed by atoms with Crippen LogP contribution in [-0.4, -0.2) is 8.07 Å². The van der Waals surface area contributed by atoms with E-state index in [4.69, 9.17) is 0 Å². The molecule has 1 fully saturated rings. The molecule has 0 heterocycles. The molecule has 1 heteroatoms. The van der Waals surface area contributed by atoms with Gasteiger partial charge < -0.3 is 0 Å². The van der Waals surface area contributed by atoms with Gasteiger partial charge in [0.1, 0.15) is 0 Å². The minimum atomic E-state index is -0.879. The van der Waals surface area contributed by atoms with Gasteiger partial charge in [0, 0.05) is 8.07 Å². The minimum Gasteiger partial charge on any atom is -0.0882 e. The molecule has 0 aromatic heterocycles. The molecule has 15 heavy (non-hydrogen) atoms. The van der Waals surface area contributed by atoms with Crippen molar-refractivity contribution in [2.45, 2.75) is 63.7 Å². The summed E-state index contributed by atoms with van der Waals surface area (Å²) in [5.74, 6) is 1.99. The summed E-state index contributed by atoms with van der Waals surface area (Å²) < 4.78 is 0. The molecular formula is C14H26Si. The van der Waals surface area contributed by atoms with Crippen LogP contribution in [0.25, 0.3) is 0 Å². The molecule has 0 aliphatic heterocycles. The van der Waals surface area contributed by atoms with Gasteiger partial charge in [0.2, 0.25) is 0 Å². The molecule has 0 bridgehead atoms. The maximum absolute atomic E-state index is 2.56. The van der Waals surface area contributed by atoms with Crippen molar-refractivity contribution < 1.29 is 0 Å². The predicted octanol–water partition coefficient (Wildman–Crippen LogP) is 4.85. The van der Waals surface area contributed by atoms with E-state index < -0.39 is 8.07 Å². The Morgan fingerprint density at radius 2 is 1.87 bits per heavy atom. The highest BCUT2D eigenvalue weighted by Gasteiger charge is 2.38. The zero-order chi connectivity index (χ0) is 10.9. The average Bonchev–Trinajstić information content (AvgIpc) is 2.46. The Balaban J connectivity index is 2.04. The lowest BCUT2D eigenvalue weighted by Crippen LogP contribution is -2.26. The third-order valence-electron chi connectivity index (χ3n) is 4.55. The fourth-order valence-electron chi connectivity index (χ4n) is 3.37. The summed E-state index contributed by atoms with van der Waals surface area (Å²) in [5, 5.41) is 0. The minimum absolute atomic E-state index is 0.879. The SMILES string of the molecule is C[Si](C)(C)C1CC2/C=C\CCCCC2C1. The van der Waals surface area contributed by atoms with Crippen LogP contribution in [0.1, 0.15) is 38.5 Å². The molecule has 0 spiro atoms. The molecule has 3 unspecified atom stereocenters. The summed E-state index contributed by atoms with van der Waals surface area (Å²) in [4.78, 5) is 0. The standard InChI is InChI=1S/C14H26Si/c1-15(2,3)14-10-12-8-6-4-5-7-9-13(12)11-14/h6,8,12-14H,4-5,7,9-11H2,1-3H3/b8-6-. The highest BCUT2D eigenvalue weighted by Crippen LogP contribution is 2.48. The van der Waals surface area contributed by atoms with Crippen molar-refractivity contribution in [3.63, 3.8) is 0 Å². The first kappa shape index (κ1) is 11.4. The molecule has 3 atom stereocenters. The second kappa shape index (κ2) is 4.45. The van der Waals surface area contributed by atoms with Crippen LogP contribution >= 0.6 is 0 Å². The summed E-state index contributed by atoms with van der Waals surface area (Å²) in [6.07, 6.45) is 13.8. The van der Waals surface area contributed by atoms with E-state index in [1.165, 1.54) is 32.1 Å². The summed E-state index contributed by atoms with van der Waals surface area (Å²) in [6, 6.07) is 0. The van der Waals surface area contributed by atoms with Gasteiger partial charge in [-0.25, -0.2) is 0 Å². The molecule has 0 aromatic carbocycles. The Bertz CT molecular complexity index is 236. The van der Waals surface area contributed by atoms with Crippen LogP contribution in [0.2, 0.25) is 25.2 Å². The van der Waals surface area contributed by atoms with E-state index in [2.05, 4.69) is 31.8 Å². The number of fused-ring (bicyclic) bond motifs is 1. The molecule has 0 nitrogen and oxygen atoms in total. The largest absolute Gasteiger partial charge is 0.0882 e. The first-order valence-corrected chi connectivity index (χ1v) is 10.3. The van der Waals surface area contributed by atoms with E-state index in [0.717, 1.165) is 17.4 Å². The molecule has 0 saturated heterocycles. The van der Waals surface area contributed by atoms with E-state index in [-0.39, 0.29) is 0 Å². The van der Waals surface area contributed by atoms with Crippen LogP contribution in [0, 0.1) is 11.8 Å². The van der Waals surface area contributed by atoms with Gasteiger partial charge in [-0.15, -0.1) is 0 Å². The highest BCUT2D eigenvalue weighted by molar-refractivity contribution is 6.77. The molecular weight excluding hydrogens is 196 g/mol. The number of rotatable bonds is 1. The predicted molar refractivity (Wildman–Crippen MR) is 70.9 cm³/mol. The summed E-state index contributed by atoms with van der Waals surface area (Å²) in [6.45, 7) is 7.67. The maximum Gasteiger partial charge on any atom is 0.0474 e. The van der Waals surface area contributed by atoms with Gasteiger partial charge in [-0.3, -0.25) is 0 Å². The zero-order valence-corrected chi connectivity index (χ0v) is 11.6. The first-order valence-electron chi connectivity index (χ1n) is 6.74. The molecule has 2 aliphatic carbocycles. The van der Waals surface area contributed by atoms with E-state index in [1.807, 2.05) is 0 Å². The van der Waals surface area contributed by atoms with Crippen LogP contribution < -0.4 is 0 Å². The lowest BCUT2D eigenvalue weighted by molar-refractivity contribution is 0.400. The van der Waals surface area contributed by atoms with Crippen molar-refractivity contribution in [2.24, 2.45) is 11.8 Å². The van der Waals surface area contributed by atoms with Crippen molar-refractivity contribution in [1.29, 1.82) is 0 Å². The lowest BCUT2D eigenvalue weighted by atomic mass is 9.88. The monoisotopic (exact) mass is 222 g/mol. The smallest absolute Gasteiger partial charge is 0.0474 e. The Morgan fingerprint density at radius 3 is 2.60 bits per heavy atom. The number of allylic oxidation sites excluding steroid dienone is 2. The van der Waals surface area contributed by atoms with Crippen LogP contribution in [0.5, 0.6) is 0 Å². The first-order chi connectivity index (χ1) is 7.07. The third-order valence-corrected chi connectivity index (χ3v) is 7.47. The summed E-state index contributed by atoms with van der Waals surface area (Å²) in [7, 11) is -0.879. The number of hydrogen-bond acceptors (Lipinski definition) is 0. The van der Waals surface area contributed by atoms with Gasteiger partial charge in [-0.1, -0.05) is 38.2 Å². The molecule has 0 N–H and O–H groups in total. The van der Waals surface area contributed by atoms with Gasteiger partial charge in [-0.05, 0) is 49.5 Å². The molecule has 0 aromatic rings. The van der Waals surface area contributed by atoms with Crippen molar-refractivity contribution in [1.82, 2.24) is 0 Å². The molecule has 2 aliphatic rings. The molecule has 2 rings (SSSR count). The summed E-state index contributed by atoms with van der Waals surface area (Å²) >= 11 is 0. The zero-order valence-electron chi connectivity index (χ0n) is 10.6. The van der Waals surface area contributed by atoms with Gasteiger partial charge in [-0.2, -0.15) is 0 Å². The van der Waals surface area contributed by atoms with Gasteiger partial charge in [0.25, 0.3) is 0 Å². The van der Waals surface area contributed by atoms with E-state index in [9.17, 15) is 0 Å². The second-order valence-corrected chi connectivity index (χ2v) is 12.2. The van der Waals surface area contributed by atoms with E-state index in [0.29, 0.717) is 0 Å². The third kappa shape index (κ3) is 2.75. The number of hydrogen-bond donors (Lipinski definition) is 0. The van der Waals surface area contributed by atoms with Crippen LogP contribution in [0.3, 0.4) is 0 Å². The Labute approximate surface area is 96.2 Å². The van der Waals surface area contributed by atoms with Gasteiger partial charge in [0.05, 0.1) is 0 Å². The molecule has 1 saturated carbocycles. The quantitative estimate of drug-likeness (QED) is 0.439. The van der Waals surface area contributed by atoms with Crippen LogP contribution in [0.15, 0.2) is 12.2 Å². The van der Waals surface area contributed by atoms with Gasteiger partial charge >= 0.3 is 0 Å². The Hall–Kier alpha value is -0.0431. The summed E-state index contributed by atoms with van der Waals surface area (Å²) in [5.41, 5.74) is 1.09. The van der Waals surface area contributed by atoms with Crippen molar-refractivity contribution in [2.75, 3.05) is 0 Å². The fraction of sp³-hybridized carbons (Fsp3) is 0.857. The molecule has 0 amide bonds. The van der Waals surface area contributed by atoms with Crippen LogP contribution in [-0.2, 0) is 0 Å². The second-order valence-electron chi connectivity index (χ2n) is 6.67. The van der Waals surface area contributed by atoms with E-state index in [1.54, 1.807) is 6.42 Å². The Morgan fingerprint density at radius 1 is 1.07 bits per heavy atom. The highest BCUT2D eigenvalue weighted by atomic mass is 28.3. The van der Waals surface area contributed by atoms with Crippen LogP contribution in [0.4, 0.5) is 0 Å². The normalized spacial score (nSPS) is 39.3.